The number of rotatable bonds is 8. The fourth-order valence-corrected chi connectivity index (χ4v) is 4.72. The Balaban J connectivity index is 2.18. The Bertz CT molecular complexity index is 816. The van der Waals surface area contributed by atoms with E-state index in [-0.39, 0.29) is 10.8 Å². The molecule has 1 nitrogen and oxygen atoms in total. The van der Waals surface area contributed by atoms with E-state index in [1.165, 1.54) is 34.4 Å². The first kappa shape index (κ1) is 24.6. The van der Waals surface area contributed by atoms with Crippen molar-refractivity contribution in [2.75, 3.05) is 12.9 Å². The molecular weight excluding hydrogens is 384 g/mol. The van der Waals surface area contributed by atoms with Crippen molar-refractivity contribution in [2.45, 2.75) is 72.1 Å². The molecule has 0 radical (unpaired) electrons. The molecule has 1 aliphatic rings. The van der Waals surface area contributed by atoms with Gasteiger partial charge in [0.05, 0.1) is 7.11 Å². The molecule has 0 N–H and O–H groups in total. The Morgan fingerprint density at radius 1 is 1.13 bits per heavy atom. The maximum Gasteiger partial charge on any atom is 0.133 e. The van der Waals surface area contributed by atoms with Gasteiger partial charge < -0.3 is 4.74 Å². The number of unbranched alkanes of at least 4 members (excludes halogenated alkanes) is 1. The van der Waals surface area contributed by atoms with Gasteiger partial charge in [0.1, 0.15) is 5.75 Å². The van der Waals surface area contributed by atoms with E-state index in [1.807, 2.05) is 11.8 Å². The Morgan fingerprint density at radius 2 is 1.90 bits per heavy atom. The normalized spacial score (nSPS) is 18.4. The zero-order valence-electron chi connectivity index (χ0n) is 20.0. The van der Waals surface area contributed by atoms with Crippen molar-refractivity contribution >= 4 is 17.8 Å². The van der Waals surface area contributed by atoms with Gasteiger partial charge in [0.2, 0.25) is 0 Å². The molecule has 0 fully saturated rings. The summed E-state index contributed by atoms with van der Waals surface area (Å²) in [6, 6.07) is 6.55. The highest BCUT2D eigenvalue weighted by Crippen LogP contribution is 2.39. The first-order valence-corrected chi connectivity index (χ1v) is 12.2. The van der Waals surface area contributed by atoms with Crippen molar-refractivity contribution in [1.82, 2.24) is 0 Å². The highest BCUT2D eigenvalue weighted by atomic mass is 32.2. The molecule has 164 valence electrons. The maximum atomic E-state index is 5.64. The van der Waals surface area contributed by atoms with Crippen molar-refractivity contribution < 1.29 is 4.74 Å². The number of hydrogen-bond donors (Lipinski definition) is 0. The number of methoxy groups -OCH3 is 1. The highest BCUT2D eigenvalue weighted by Gasteiger charge is 2.24. The summed E-state index contributed by atoms with van der Waals surface area (Å²) in [5.41, 5.74) is 4.49. The van der Waals surface area contributed by atoms with Crippen LogP contribution in [0.25, 0.3) is 6.08 Å². The van der Waals surface area contributed by atoms with Gasteiger partial charge in [-0.15, -0.1) is 11.8 Å². The van der Waals surface area contributed by atoms with Gasteiger partial charge in [0.15, 0.2) is 0 Å². The smallest absolute Gasteiger partial charge is 0.133 e. The minimum atomic E-state index is 0.216. The van der Waals surface area contributed by atoms with Crippen LogP contribution in [-0.2, 0) is 0 Å². The van der Waals surface area contributed by atoms with E-state index in [9.17, 15) is 0 Å². The molecule has 0 saturated carbocycles. The van der Waals surface area contributed by atoms with Crippen molar-refractivity contribution in [3.63, 3.8) is 0 Å². The molecule has 0 amide bonds. The predicted octanol–water partition coefficient (Wildman–Crippen LogP) is 8.88. The molecule has 2 heteroatoms. The highest BCUT2D eigenvalue weighted by molar-refractivity contribution is 7.99. The van der Waals surface area contributed by atoms with E-state index in [0.29, 0.717) is 0 Å². The monoisotopic (exact) mass is 424 g/mol. The molecule has 1 aromatic carbocycles. The molecule has 0 unspecified atom stereocenters. The molecule has 2 rings (SSSR count). The fraction of sp³-hybridized carbons (Fsp3) is 0.500. The lowest BCUT2D eigenvalue weighted by Crippen LogP contribution is -2.16. The summed E-state index contributed by atoms with van der Waals surface area (Å²) in [6.07, 6.45) is 18.3. The van der Waals surface area contributed by atoms with Crippen LogP contribution in [-0.4, -0.2) is 12.9 Å². The second-order valence-corrected chi connectivity index (χ2v) is 11.3. The Hall–Kier alpha value is -1.67. The van der Waals surface area contributed by atoms with Gasteiger partial charge in [-0.25, -0.2) is 0 Å². The van der Waals surface area contributed by atoms with Crippen molar-refractivity contribution in [3.8, 4) is 5.75 Å². The summed E-state index contributed by atoms with van der Waals surface area (Å²) in [7, 11) is 1.76. The second-order valence-electron chi connectivity index (χ2n) is 10.1. The van der Waals surface area contributed by atoms with Gasteiger partial charge in [-0.3, -0.25) is 0 Å². The summed E-state index contributed by atoms with van der Waals surface area (Å²) in [5, 5.41) is 0. The number of allylic oxidation sites excluding steroid dienone is 7. The van der Waals surface area contributed by atoms with Gasteiger partial charge in [0.25, 0.3) is 0 Å². The van der Waals surface area contributed by atoms with Crippen LogP contribution in [0.5, 0.6) is 5.75 Å². The number of ether oxygens (including phenoxy) is 1. The average Bonchev–Trinajstić information content (AvgIpc) is 2.65. The third kappa shape index (κ3) is 8.60. The van der Waals surface area contributed by atoms with Gasteiger partial charge in [-0.2, -0.15) is 0 Å². The molecule has 0 aliphatic heterocycles. The lowest BCUT2D eigenvalue weighted by Gasteiger charge is -2.30. The van der Waals surface area contributed by atoms with E-state index in [2.05, 4.69) is 96.2 Å². The van der Waals surface area contributed by atoms with Gasteiger partial charge >= 0.3 is 0 Å². The lowest BCUT2D eigenvalue weighted by atomic mass is 9.75. The minimum absolute atomic E-state index is 0.216. The van der Waals surface area contributed by atoms with E-state index in [1.54, 1.807) is 7.11 Å². The van der Waals surface area contributed by atoms with E-state index < -0.39 is 0 Å². The van der Waals surface area contributed by atoms with Crippen LogP contribution in [0.3, 0.4) is 0 Å². The Morgan fingerprint density at radius 3 is 2.57 bits per heavy atom. The summed E-state index contributed by atoms with van der Waals surface area (Å²) in [4.78, 5) is 1.23. The first-order chi connectivity index (χ1) is 14.1. The molecule has 0 atom stereocenters. The SMILES string of the molecule is CCCCSc1ccc(/C=C/C2=CC(=C/C=C/C(C)(C)C)/CC(C)(C)C2)cc1OC. The van der Waals surface area contributed by atoms with Crippen LogP contribution in [0.2, 0.25) is 0 Å². The summed E-state index contributed by atoms with van der Waals surface area (Å²) < 4.78 is 5.64. The molecule has 0 saturated heterocycles. The Kier molecular flexibility index (Phi) is 9.09. The molecule has 0 spiro atoms. The van der Waals surface area contributed by atoms with Crippen LogP contribution < -0.4 is 4.74 Å². The van der Waals surface area contributed by atoms with Gasteiger partial charge in [-0.05, 0) is 64.7 Å². The van der Waals surface area contributed by atoms with Crippen LogP contribution in [0.15, 0.2) is 64.6 Å². The Labute approximate surface area is 189 Å². The molecule has 1 aromatic rings. The quantitative estimate of drug-likeness (QED) is 0.304. The molecule has 0 bridgehead atoms. The van der Waals surface area contributed by atoms with Crippen LogP contribution in [0, 0.1) is 10.8 Å². The summed E-state index contributed by atoms with van der Waals surface area (Å²) >= 11 is 1.89. The van der Waals surface area contributed by atoms with Crippen LogP contribution >= 0.6 is 11.8 Å². The van der Waals surface area contributed by atoms with Crippen molar-refractivity contribution in [3.05, 3.63) is 65.3 Å². The first-order valence-electron chi connectivity index (χ1n) is 11.2. The van der Waals surface area contributed by atoms with Crippen LogP contribution in [0.1, 0.15) is 72.8 Å². The molecule has 1 aliphatic carbocycles. The van der Waals surface area contributed by atoms with E-state index in [4.69, 9.17) is 4.74 Å². The molecule has 0 heterocycles. The largest absolute Gasteiger partial charge is 0.496 e. The van der Waals surface area contributed by atoms with Crippen molar-refractivity contribution in [2.24, 2.45) is 10.8 Å². The number of hydrogen-bond acceptors (Lipinski definition) is 2. The lowest BCUT2D eigenvalue weighted by molar-refractivity contribution is 0.355. The van der Waals surface area contributed by atoms with Crippen LogP contribution in [0.4, 0.5) is 0 Å². The molecular formula is C28H40OS. The van der Waals surface area contributed by atoms with Gasteiger partial charge in [-0.1, -0.05) is 90.5 Å². The number of benzene rings is 1. The topological polar surface area (TPSA) is 9.23 Å². The molecule has 0 aromatic heterocycles. The van der Waals surface area contributed by atoms with E-state index in [0.717, 1.165) is 24.3 Å². The standard InChI is InChI=1S/C28H40OS/c1-8-9-17-30-26-15-14-22(19-25(26)29-7)12-13-24-18-23(20-28(5,6)21-24)11-10-16-27(2,3)4/h10-16,18-19H,8-9,17,20-21H2,1-7H3/b13-12+,16-10+,23-11-. The fourth-order valence-electron chi connectivity index (χ4n) is 3.62. The zero-order chi connectivity index (χ0) is 22.2. The van der Waals surface area contributed by atoms with Gasteiger partial charge in [0, 0.05) is 4.90 Å². The predicted molar refractivity (Wildman–Crippen MR) is 135 cm³/mol. The third-order valence-electron chi connectivity index (χ3n) is 5.08. The number of thioether (sulfide) groups is 1. The van der Waals surface area contributed by atoms with Crippen molar-refractivity contribution in [1.29, 1.82) is 0 Å². The van der Waals surface area contributed by atoms with E-state index >= 15 is 0 Å². The third-order valence-corrected chi connectivity index (χ3v) is 6.22. The minimum Gasteiger partial charge on any atom is -0.496 e. The second kappa shape index (κ2) is 11.1. The maximum absolute atomic E-state index is 5.64. The summed E-state index contributed by atoms with van der Waals surface area (Å²) in [6.45, 7) is 13.7. The zero-order valence-corrected chi connectivity index (χ0v) is 20.9. The summed E-state index contributed by atoms with van der Waals surface area (Å²) in [5.74, 6) is 2.12. The average molecular weight is 425 g/mol. The molecule has 30 heavy (non-hydrogen) atoms.